The van der Waals surface area contributed by atoms with Crippen molar-refractivity contribution in [3.8, 4) is 0 Å². The van der Waals surface area contributed by atoms with E-state index in [2.05, 4.69) is 31.2 Å². The molecule has 1 aliphatic carbocycles. The van der Waals surface area contributed by atoms with Crippen molar-refractivity contribution in [2.45, 2.75) is 51.9 Å². The van der Waals surface area contributed by atoms with Crippen LogP contribution in [0, 0.1) is 12.8 Å². The third kappa shape index (κ3) is 3.69. The Labute approximate surface area is 104 Å². The van der Waals surface area contributed by atoms with Crippen LogP contribution in [0.5, 0.6) is 0 Å². The van der Waals surface area contributed by atoms with Crippen molar-refractivity contribution in [3.05, 3.63) is 35.4 Å². The van der Waals surface area contributed by atoms with E-state index < -0.39 is 0 Å². The Balaban J connectivity index is 1.99. The van der Waals surface area contributed by atoms with Crippen molar-refractivity contribution in [2.24, 2.45) is 5.92 Å². The Morgan fingerprint density at radius 1 is 1.06 bits per heavy atom. The van der Waals surface area contributed by atoms with Crippen LogP contribution in [-0.2, 0) is 11.2 Å². The van der Waals surface area contributed by atoms with E-state index in [1.807, 2.05) is 0 Å². The second kappa shape index (κ2) is 6.00. The second-order valence-electron chi connectivity index (χ2n) is 5.31. The molecule has 0 radical (unpaired) electrons. The van der Waals surface area contributed by atoms with Crippen LogP contribution in [-0.4, -0.2) is 5.78 Å². The largest absolute Gasteiger partial charge is 0.299 e. The van der Waals surface area contributed by atoms with Gasteiger partial charge in [-0.3, -0.25) is 4.79 Å². The highest BCUT2D eigenvalue weighted by molar-refractivity contribution is 5.81. The molecule has 0 aliphatic heterocycles. The first-order valence-electron chi connectivity index (χ1n) is 6.84. The molecule has 1 aromatic carbocycles. The molecule has 1 atom stereocenters. The molecule has 92 valence electrons. The Morgan fingerprint density at radius 3 is 2.53 bits per heavy atom. The van der Waals surface area contributed by atoms with Crippen LogP contribution in [0.4, 0.5) is 0 Å². The van der Waals surface area contributed by atoms with E-state index in [-0.39, 0.29) is 5.92 Å². The lowest BCUT2D eigenvalue weighted by atomic mass is 9.85. The van der Waals surface area contributed by atoms with E-state index in [0.717, 1.165) is 25.7 Å². The van der Waals surface area contributed by atoms with Gasteiger partial charge in [0.15, 0.2) is 0 Å². The number of carbonyl (C=O) groups is 1. The van der Waals surface area contributed by atoms with E-state index >= 15 is 0 Å². The minimum absolute atomic E-state index is 0.276. The summed E-state index contributed by atoms with van der Waals surface area (Å²) in [6.45, 7) is 2.10. The standard InChI is InChI=1S/C16H22O/c1-13-8-10-14(11-9-13)12-15-6-4-2-3-5-7-16(15)17/h8-11,15H,2-7,12H2,1H3. The van der Waals surface area contributed by atoms with Gasteiger partial charge in [0, 0.05) is 12.3 Å². The number of rotatable bonds is 2. The summed E-state index contributed by atoms with van der Waals surface area (Å²) in [5, 5.41) is 0. The van der Waals surface area contributed by atoms with Crippen LogP contribution in [0.1, 0.15) is 49.7 Å². The third-order valence-corrected chi connectivity index (χ3v) is 3.78. The number of ketones is 1. The van der Waals surface area contributed by atoms with Crippen LogP contribution in [0.3, 0.4) is 0 Å². The Morgan fingerprint density at radius 2 is 1.76 bits per heavy atom. The third-order valence-electron chi connectivity index (χ3n) is 3.78. The predicted molar refractivity (Wildman–Crippen MR) is 71.1 cm³/mol. The number of benzene rings is 1. The maximum atomic E-state index is 12.0. The number of hydrogen-bond donors (Lipinski definition) is 0. The lowest BCUT2D eigenvalue weighted by Gasteiger charge is -2.18. The SMILES string of the molecule is Cc1ccc(CC2CCCCCCC2=O)cc1. The number of carbonyl (C=O) groups excluding carboxylic acids is 1. The van der Waals surface area contributed by atoms with Gasteiger partial charge in [-0.05, 0) is 31.7 Å². The van der Waals surface area contributed by atoms with Crippen LogP contribution >= 0.6 is 0 Å². The van der Waals surface area contributed by atoms with Gasteiger partial charge in [-0.2, -0.15) is 0 Å². The Hall–Kier alpha value is -1.11. The van der Waals surface area contributed by atoms with Crippen LogP contribution in [0.2, 0.25) is 0 Å². The monoisotopic (exact) mass is 230 g/mol. The van der Waals surface area contributed by atoms with E-state index in [1.54, 1.807) is 0 Å². The summed E-state index contributed by atoms with van der Waals surface area (Å²) < 4.78 is 0. The summed E-state index contributed by atoms with van der Waals surface area (Å²) >= 11 is 0. The molecule has 0 amide bonds. The molecule has 0 bridgehead atoms. The fraction of sp³-hybridized carbons (Fsp3) is 0.562. The minimum Gasteiger partial charge on any atom is -0.299 e. The first-order chi connectivity index (χ1) is 8.25. The van der Waals surface area contributed by atoms with Gasteiger partial charge < -0.3 is 0 Å². The summed E-state index contributed by atoms with van der Waals surface area (Å²) in [5.74, 6) is 0.767. The van der Waals surface area contributed by atoms with Gasteiger partial charge in [0.2, 0.25) is 0 Å². The summed E-state index contributed by atoms with van der Waals surface area (Å²) in [4.78, 5) is 12.0. The van der Waals surface area contributed by atoms with E-state index in [1.165, 1.54) is 30.4 Å². The van der Waals surface area contributed by atoms with Gasteiger partial charge in [-0.1, -0.05) is 49.1 Å². The van der Waals surface area contributed by atoms with Gasteiger partial charge >= 0.3 is 0 Å². The summed E-state index contributed by atoms with van der Waals surface area (Å²) in [6, 6.07) is 8.62. The molecule has 17 heavy (non-hydrogen) atoms. The van der Waals surface area contributed by atoms with Crippen LogP contribution in [0.15, 0.2) is 24.3 Å². The molecular formula is C16H22O. The van der Waals surface area contributed by atoms with Crippen LogP contribution < -0.4 is 0 Å². The normalized spacial score (nSPS) is 21.9. The number of hydrogen-bond acceptors (Lipinski definition) is 1. The molecule has 1 heteroatoms. The van der Waals surface area contributed by atoms with Crippen molar-refractivity contribution in [3.63, 3.8) is 0 Å². The molecule has 1 aliphatic rings. The topological polar surface area (TPSA) is 17.1 Å². The van der Waals surface area contributed by atoms with Gasteiger partial charge in [-0.25, -0.2) is 0 Å². The summed E-state index contributed by atoms with van der Waals surface area (Å²) in [5.41, 5.74) is 2.60. The smallest absolute Gasteiger partial charge is 0.136 e. The maximum Gasteiger partial charge on any atom is 0.136 e. The van der Waals surface area contributed by atoms with Crippen molar-refractivity contribution in [2.75, 3.05) is 0 Å². The molecule has 0 saturated heterocycles. The van der Waals surface area contributed by atoms with Gasteiger partial charge in [0.05, 0.1) is 0 Å². The molecule has 1 nitrogen and oxygen atoms in total. The molecule has 0 aromatic heterocycles. The quantitative estimate of drug-likeness (QED) is 0.748. The minimum atomic E-state index is 0.276. The van der Waals surface area contributed by atoms with Crippen molar-refractivity contribution in [1.82, 2.24) is 0 Å². The second-order valence-corrected chi connectivity index (χ2v) is 5.31. The van der Waals surface area contributed by atoms with Crippen LogP contribution in [0.25, 0.3) is 0 Å². The molecule has 1 fully saturated rings. The molecule has 1 unspecified atom stereocenters. The highest BCUT2D eigenvalue weighted by atomic mass is 16.1. The predicted octanol–water partition coefficient (Wildman–Crippen LogP) is 4.08. The molecule has 0 heterocycles. The fourth-order valence-electron chi connectivity index (χ4n) is 2.63. The zero-order valence-corrected chi connectivity index (χ0v) is 10.7. The summed E-state index contributed by atoms with van der Waals surface area (Å²) in [6.07, 6.45) is 7.70. The lowest BCUT2D eigenvalue weighted by Crippen LogP contribution is -2.18. The average Bonchev–Trinajstić information content (AvgIpc) is 2.31. The molecule has 2 rings (SSSR count). The average molecular weight is 230 g/mol. The molecule has 0 spiro atoms. The first-order valence-corrected chi connectivity index (χ1v) is 6.84. The summed E-state index contributed by atoms with van der Waals surface area (Å²) in [7, 11) is 0. The molecule has 0 N–H and O–H groups in total. The van der Waals surface area contributed by atoms with Gasteiger partial charge in [0.25, 0.3) is 0 Å². The maximum absolute atomic E-state index is 12.0. The van der Waals surface area contributed by atoms with E-state index in [9.17, 15) is 4.79 Å². The highest BCUT2D eigenvalue weighted by Gasteiger charge is 2.19. The first kappa shape index (κ1) is 12.3. The Kier molecular flexibility index (Phi) is 4.36. The Bertz CT molecular complexity index is 364. The zero-order valence-electron chi connectivity index (χ0n) is 10.7. The van der Waals surface area contributed by atoms with E-state index in [4.69, 9.17) is 0 Å². The van der Waals surface area contributed by atoms with Crippen molar-refractivity contribution >= 4 is 5.78 Å². The van der Waals surface area contributed by atoms with Crippen molar-refractivity contribution in [1.29, 1.82) is 0 Å². The highest BCUT2D eigenvalue weighted by Crippen LogP contribution is 2.23. The van der Waals surface area contributed by atoms with Gasteiger partial charge in [0.1, 0.15) is 5.78 Å². The van der Waals surface area contributed by atoms with Gasteiger partial charge in [-0.15, -0.1) is 0 Å². The number of aryl methyl sites for hydroxylation is 1. The zero-order chi connectivity index (χ0) is 12.1. The van der Waals surface area contributed by atoms with E-state index in [0.29, 0.717) is 5.78 Å². The molecule has 1 saturated carbocycles. The molecular weight excluding hydrogens is 208 g/mol. The lowest BCUT2D eigenvalue weighted by molar-refractivity contribution is -0.123. The number of Topliss-reactive ketones (excluding diaryl/α,β-unsaturated/α-hetero) is 1. The fourth-order valence-corrected chi connectivity index (χ4v) is 2.63. The molecule has 1 aromatic rings. The van der Waals surface area contributed by atoms with Crippen molar-refractivity contribution < 1.29 is 4.79 Å².